The second-order valence-corrected chi connectivity index (χ2v) is 9.63. The molecule has 0 bridgehead atoms. The molecule has 3 rings (SSSR count). The van der Waals surface area contributed by atoms with E-state index in [4.69, 9.17) is 11.6 Å². The van der Waals surface area contributed by atoms with E-state index in [0.29, 0.717) is 0 Å². The third kappa shape index (κ3) is 7.11. The summed E-state index contributed by atoms with van der Waals surface area (Å²) in [5.41, 5.74) is 2.55. The largest absolute Gasteiger partial charge is 0.355 e. The maximum atomic E-state index is 12.6. The Balaban J connectivity index is 1.36. The Bertz CT molecular complexity index is 771. The van der Waals surface area contributed by atoms with Crippen LogP contribution in [0.3, 0.4) is 0 Å². The first-order valence-corrected chi connectivity index (χ1v) is 12.0. The average Bonchev–Trinajstić information content (AvgIpc) is 2.69. The van der Waals surface area contributed by atoms with E-state index >= 15 is 0 Å². The van der Waals surface area contributed by atoms with Crippen molar-refractivity contribution in [3.05, 3.63) is 69.2 Å². The SMILES string of the molecule is O=C(NCCSCc1ccc(Cl)cc1)C1CCCN(Cc2cccc(Br)c2)C1. The third-order valence-corrected chi connectivity index (χ3v) is 6.67. The molecule has 6 heteroatoms. The maximum absolute atomic E-state index is 12.6. The molecule has 28 heavy (non-hydrogen) atoms. The van der Waals surface area contributed by atoms with Crippen LogP contribution >= 0.6 is 39.3 Å². The van der Waals surface area contributed by atoms with Crippen molar-refractivity contribution in [1.82, 2.24) is 10.2 Å². The summed E-state index contributed by atoms with van der Waals surface area (Å²) in [6, 6.07) is 16.3. The standard InChI is InChI=1S/C22H26BrClN2OS/c23-20-5-1-3-18(13-20)14-26-11-2-4-19(15-26)22(27)25-10-12-28-16-17-6-8-21(24)9-7-17/h1,3,5-9,13,19H,2,4,10-12,14-16H2,(H,25,27). The zero-order valence-corrected chi connectivity index (χ0v) is 19.0. The number of nitrogens with one attached hydrogen (secondary N) is 1. The number of carbonyl (C=O) groups excluding carboxylic acids is 1. The van der Waals surface area contributed by atoms with E-state index in [2.05, 4.69) is 56.5 Å². The van der Waals surface area contributed by atoms with Crippen LogP contribution in [0.4, 0.5) is 0 Å². The van der Waals surface area contributed by atoms with Crippen molar-refractivity contribution in [1.29, 1.82) is 0 Å². The van der Waals surface area contributed by atoms with E-state index in [9.17, 15) is 4.79 Å². The van der Waals surface area contributed by atoms with Crippen LogP contribution in [0.2, 0.25) is 5.02 Å². The molecule has 1 fully saturated rings. The lowest BCUT2D eigenvalue weighted by Gasteiger charge is -2.32. The first-order chi connectivity index (χ1) is 13.6. The number of carbonyl (C=O) groups is 1. The van der Waals surface area contributed by atoms with Gasteiger partial charge in [0.2, 0.25) is 5.91 Å². The van der Waals surface area contributed by atoms with Gasteiger partial charge in [-0.25, -0.2) is 0 Å². The van der Waals surface area contributed by atoms with E-state index in [1.165, 1.54) is 11.1 Å². The van der Waals surface area contributed by atoms with Gasteiger partial charge in [-0.1, -0.05) is 51.8 Å². The molecule has 1 aliphatic heterocycles. The molecule has 0 saturated carbocycles. The normalized spacial score (nSPS) is 17.4. The average molecular weight is 482 g/mol. The molecule has 150 valence electrons. The second kappa shape index (κ2) is 11.2. The van der Waals surface area contributed by atoms with Crippen LogP contribution in [0.25, 0.3) is 0 Å². The Morgan fingerprint density at radius 1 is 1.21 bits per heavy atom. The number of piperidine rings is 1. The minimum absolute atomic E-state index is 0.0992. The fraction of sp³-hybridized carbons (Fsp3) is 0.409. The van der Waals surface area contributed by atoms with E-state index < -0.39 is 0 Å². The number of thioether (sulfide) groups is 1. The number of hydrogen-bond acceptors (Lipinski definition) is 3. The molecule has 2 aromatic rings. The zero-order valence-electron chi connectivity index (χ0n) is 15.9. The highest BCUT2D eigenvalue weighted by Gasteiger charge is 2.25. The van der Waals surface area contributed by atoms with Crippen molar-refractivity contribution < 1.29 is 4.79 Å². The maximum Gasteiger partial charge on any atom is 0.224 e. The highest BCUT2D eigenvalue weighted by molar-refractivity contribution is 9.10. The summed E-state index contributed by atoms with van der Waals surface area (Å²) in [7, 11) is 0. The van der Waals surface area contributed by atoms with Gasteiger partial charge >= 0.3 is 0 Å². The molecule has 1 atom stereocenters. The van der Waals surface area contributed by atoms with Crippen LogP contribution in [0.15, 0.2) is 53.0 Å². The quantitative estimate of drug-likeness (QED) is 0.515. The molecular formula is C22H26BrClN2OS. The number of halogens is 2. The monoisotopic (exact) mass is 480 g/mol. The molecule has 1 aliphatic rings. The van der Waals surface area contributed by atoms with Crippen molar-refractivity contribution >= 4 is 45.2 Å². The van der Waals surface area contributed by atoms with Crippen LogP contribution in [0, 0.1) is 5.92 Å². The topological polar surface area (TPSA) is 32.3 Å². The lowest BCUT2D eigenvalue weighted by atomic mass is 9.96. The summed E-state index contributed by atoms with van der Waals surface area (Å²) >= 11 is 11.3. The lowest BCUT2D eigenvalue weighted by molar-refractivity contribution is -0.126. The summed E-state index contributed by atoms with van der Waals surface area (Å²) in [4.78, 5) is 14.9. The predicted octanol–water partition coefficient (Wildman–Crippen LogP) is 5.36. The summed E-state index contributed by atoms with van der Waals surface area (Å²) in [6.45, 7) is 3.53. The minimum atomic E-state index is 0.0992. The molecule has 0 aromatic heterocycles. The van der Waals surface area contributed by atoms with Crippen LogP contribution in [0.5, 0.6) is 0 Å². The van der Waals surface area contributed by atoms with E-state index in [1.54, 1.807) is 0 Å². The molecular weight excluding hydrogens is 456 g/mol. The van der Waals surface area contributed by atoms with Crippen molar-refractivity contribution in [2.75, 3.05) is 25.4 Å². The Labute approximate surface area is 185 Å². The predicted molar refractivity (Wildman–Crippen MR) is 123 cm³/mol. The van der Waals surface area contributed by atoms with Gasteiger partial charge in [0.05, 0.1) is 5.92 Å². The molecule has 1 amide bonds. The number of hydrogen-bond donors (Lipinski definition) is 1. The van der Waals surface area contributed by atoms with Gasteiger partial charge < -0.3 is 5.32 Å². The summed E-state index contributed by atoms with van der Waals surface area (Å²) < 4.78 is 1.10. The zero-order chi connectivity index (χ0) is 19.8. The highest BCUT2D eigenvalue weighted by Crippen LogP contribution is 2.20. The molecule has 1 saturated heterocycles. The van der Waals surface area contributed by atoms with Gasteiger partial charge in [0.25, 0.3) is 0 Å². The van der Waals surface area contributed by atoms with Gasteiger partial charge in [0.15, 0.2) is 0 Å². The Hall–Kier alpha value is -1.01. The van der Waals surface area contributed by atoms with E-state index in [1.807, 2.05) is 30.0 Å². The fourth-order valence-electron chi connectivity index (χ4n) is 3.47. The molecule has 1 heterocycles. The first kappa shape index (κ1) is 21.7. The van der Waals surface area contributed by atoms with Gasteiger partial charge in [-0.2, -0.15) is 11.8 Å². The van der Waals surface area contributed by atoms with Crippen LogP contribution in [0.1, 0.15) is 24.0 Å². The van der Waals surface area contributed by atoms with Gasteiger partial charge in [0.1, 0.15) is 0 Å². The summed E-state index contributed by atoms with van der Waals surface area (Å²) in [5.74, 6) is 2.16. The molecule has 1 N–H and O–H groups in total. The van der Waals surface area contributed by atoms with Gasteiger partial charge in [-0.05, 0) is 54.8 Å². The van der Waals surface area contributed by atoms with Crippen LogP contribution in [-0.2, 0) is 17.1 Å². The fourth-order valence-corrected chi connectivity index (χ4v) is 4.86. The lowest BCUT2D eigenvalue weighted by Crippen LogP contribution is -2.43. The number of benzene rings is 2. The number of likely N-dealkylation sites (tertiary alicyclic amines) is 1. The van der Waals surface area contributed by atoms with Gasteiger partial charge in [-0.3, -0.25) is 9.69 Å². The smallest absolute Gasteiger partial charge is 0.224 e. The summed E-state index contributed by atoms with van der Waals surface area (Å²) in [6.07, 6.45) is 2.07. The molecule has 2 aromatic carbocycles. The molecule has 0 radical (unpaired) electrons. The summed E-state index contributed by atoms with van der Waals surface area (Å²) in [5, 5.41) is 3.89. The van der Waals surface area contributed by atoms with Gasteiger partial charge in [-0.15, -0.1) is 0 Å². The van der Waals surface area contributed by atoms with Gasteiger partial charge in [0, 0.05) is 40.6 Å². The Kier molecular flexibility index (Phi) is 8.71. The first-order valence-electron chi connectivity index (χ1n) is 9.67. The molecule has 0 aliphatic carbocycles. The van der Waals surface area contributed by atoms with Crippen LogP contribution < -0.4 is 5.32 Å². The van der Waals surface area contributed by atoms with E-state index in [-0.39, 0.29) is 11.8 Å². The Morgan fingerprint density at radius 2 is 2.04 bits per heavy atom. The number of rotatable bonds is 8. The molecule has 1 unspecified atom stereocenters. The number of amides is 1. The molecule has 0 spiro atoms. The number of nitrogens with zero attached hydrogens (tertiary/aromatic N) is 1. The van der Waals surface area contributed by atoms with Crippen molar-refractivity contribution in [3.8, 4) is 0 Å². The minimum Gasteiger partial charge on any atom is -0.355 e. The molecule has 3 nitrogen and oxygen atoms in total. The highest BCUT2D eigenvalue weighted by atomic mass is 79.9. The van der Waals surface area contributed by atoms with Crippen LogP contribution in [-0.4, -0.2) is 36.2 Å². The van der Waals surface area contributed by atoms with Crippen molar-refractivity contribution in [2.45, 2.75) is 25.1 Å². The third-order valence-electron chi connectivity index (χ3n) is 4.90. The Morgan fingerprint density at radius 3 is 2.82 bits per heavy atom. The van der Waals surface area contributed by atoms with E-state index in [0.717, 1.165) is 60.0 Å². The second-order valence-electron chi connectivity index (χ2n) is 7.17. The van der Waals surface area contributed by atoms with Crippen molar-refractivity contribution in [3.63, 3.8) is 0 Å². The van der Waals surface area contributed by atoms with Crippen molar-refractivity contribution in [2.24, 2.45) is 5.92 Å².